The molecule has 0 radical (unpaired) electrons. The zero-order valence-corrected chi connectivity index (χ0v) is 20.6. The minimum absolute atomic E-state index is 0.0189. The predicted molar refractivity (Wildman–Crippen MR) is 127 cm³/mol. The minimum atomic E-state index is -4.55. The van der Waals surface area contributed by atoms with Gasteiger partial charge in [-0.2, -0.15) is 18.2 Å². The third kappa shape index (κ3) is 8.23. The van der Waals surface area contributed by atoms with E-state index in [4.69, 9.17) is 5.11 Å². The molecule has 1 aliphatic heterocycles. The number of hydrogen-bond donors (Lipinski definition) is 3. The van der Waals surface area contributed by atoms with Crippen LogP contribution in [0.4, 0.5) is 29.7 Å². The number of carbonyl (C=O) groups excluding carboxylic acids is 2. The molecule has 2 aromatic rings. The summed E-state index contributed by atoms with van der Waals surface area (Å²) in [4.78, 5) is 48.1. The van der Waals surface area contributed by atoms with Gasteiger partial charge in [0.1, 0.15) is 17.1 Å². The number of rotatable bonds is 7. The van der Waals surface area contributed by atoms with Gasteiger partial charge in [0, 0.05) is 37.6 Å². The van der Waals surface area contributed by atoms with Crippen LogP contribution in [-0.2, 0) is 16.0 Å². The van der Waals surface area contributed by atoms with Crippen LogP contribution in [0.3, 0.4) is 0 Å². The fourth-order valence-electron chi connectivity index (χ4n) is 3.31. The molecule has 0 bridgehead atoms. The summed E-state index contributed by atoms with van der Waals surface area (Å²) in [5.74, 6) is -1.47. The number of aryl methyl sites for hydroxylation is 1. The molecule has 2 aromatic heterocycles. The highest BCUT2D eigenvalue weighted by atomic mass is 32.1. The first-order valence-corrected chi connectivity index (χ1v) is 12.0. The maximum atomic E-state index is 12.5. The highest BCUT2D eigenvalue weighted by molar-refractivity contribution is 7.18. The van der Waals surface area contributed by atoms with E-state index >= 15 is 0 Å². The van der Waals surface area contributed by atoms with Gasteiger partial charge in [0.15, 0.2) is 0 Å². The van der Waals surface area contributed by atoms with Crippen LogP contribution in [0.25, 0.3) is 10.2 Å². The Morgan fingerprint density at radius 1 is 1.14 bits per heavy atom. The number of thiophene rings is 1. The van der Waals surface area contributed by atoms with Gasteiger partial charge in [-0.25, -0.2) is 9.78 Å². The predicted octanol–water partition coefficient (Wildman–Crippen LogP) is 3.48. The smallest absolute Gasteiger partial charge is 0.397 e. The Morgan fingerprint density at radius 2 is 1.80 bits per heavy atom. The molecule has 3 N–H and O–H groups in total. The molecule has 1 fully saturated rings. The summed E-state index contributed by atoms with van der Waals surface area (Å²) in [6.07, 6.45) is -5.51. The summed E-state index contributed by atoms with van der Waals surface area (Å²) in [7, 11) is 0. The molecular weight excluding hydrogens is 489 g/mol. The normalized spacial score (nSPS) is 13.8. The van der Waals surface area contributed by atoms with E-state index in [-0.39, 0.29) is 45.1 Å². The molecular formula is C21H29F3N6O4S. The number of hydrogen-bond acceptors (Lipinski definition) is 7. The third-order valence-corrected chi connectivity index (χ3v) is 6.08. The first-order chi connectivity index (χ1) is 16.6. The van der Waals surface area contributed by atoms with Crippen molar-refractivity contribution in [2.75, 3.05) is 42.9 Å². The second-order valence-corrected chi connectivity index (χ2v) is 8.46. The summed E-state index contributed by atoms with van der Waals surface area (Å²) in [5, 5.41) is 14.3. The highest BCUT2D eigenvalue weighted by Gasteiger charge is 2.34. The Morgan fingerprint density at radius 3 is 2.37 bits per heavy atom. The maximum absolute atomic E-state index is 12.5. The van der Waals surface area contributed by atoms with Crippen molar-refractivity contribution in [2.24, 2.45) is 0 Å². The van der Waals surface area contributed by atoms with E-state index in [9.17, 15) is 27.6 Å². The van der Waals surface area contributed by atoms with Crippen LogP contribution in [0, 0.1) is 0 Å². The van der Waals surface area contributed by atoms with Crippen molar-refractivity contribution < 1.29 is 32.7 Å². The van der Waals surface area contributed by atoms with Crippen molar-refractivity contribution in [3.63, 3.8) is 0 Å². The lowest BCUT2D eigenvalue weighted by atomic mass is 10.2. The molecule has 3 rings (SSSR count). The standard InChI is InChI=1S/C19H23F3N6O4S.C2H6/c1-2-11-9-12-15(28-7-5-27(6-8-28)13(29)10-19(20,21)22)24-17(25-16(12)33-11)26-18(32)23-4-3-14(30)31;1-2/h9H,2-8,10H2,1H3,(H,30,31)(H2,23,24,25,26,32);1-2H3. The number of urea groups is 1. The SMILES string of the molecule is CC.CCc1cc2c(N3CCN(C(=O)CC(F)(F)F)CC3)nc(NC(=O)NCCC(=O)O)nc2s1. The maximum Gasteiger partial charge on any atom is 0.397 e. The number of aromatic nitrogens is 2. The Balaban J connectivity index is 0.00000210. The number of anilines is 2. The molecule has 10 nitrogen and oxygen atoms in total. The number of amides is 3. The molecule has 3 heterocycles. The molecule has 0 spiro atoms. The van der Waals surface area contributed by atoms with E-state index in [1.54, 1.807) is 0 Å². The van der Waals surface area contributed by atoms with Crippen LogP contribution >= 0.6 is 11.3 Å². The zero-order valence-electron chi connectivity index (χ0n) is 19.7. The van der Waals surface area contributed by atoms with Crippen molar-refractivity contribution >= 4 is 51.2 Å². The van der Waals surface area contributed by atoms with Crippen molar-refractivity contribution in [1.29, 1.82) is 0 Å². The van der Waals surface area contributed by atoms with Crippen molar-refractivity contribution in [3.05, 3.63) is 10.9 Å². The lowest BCUT2D eigenvalue weighted by Crippen LogP contribution is -2.49. The highest BCUT2D eigenvalue weighted by Crippen LogP contribution is 2.33. The fourth-order valence-corrected chi connectivity index (χ4v) is 4.27. The number of aliphatic carboxylic acids is 1. The zero-order chi connectivity index (χ0) is 26.2. The lowest BCUT2D eigenvalue weighted by molar-refractivity contribution is -0.161. The van der Waals surface area contributed by atoms with Gasteiger partial charge in [-0.05, 0) is 12.5 Å². The molecule has 0 atom stereocenters. The topological polar surface area (TPSA) is 128 Å². The molecule has 35 heavy (non-hydrogen) atoms. The Hall–Kier alpha value is -3.16. The fraction of sp³-hybridized carbons (Fsp3) is 0.571. The number of halogens is 3. The van der Waals surface area contributed by atoms with Gasteiger partial charge in [0.25, 0.3) is 0 Å². The number of carboxylic acid groups (broad SMARTS) is 1. The number of carbonyl (C=O) groups is 3. The second kappa shape index (κ2) is 12.5. The van der Waals surface area contributed by atoms with E-state index in [0.717, 1.165) is 16.7 Å². The molecule has 14 heteroatoms. The van der Waals surface area contributed by atoms with Crippen LogP contribution in [0.5, 0.6) is 0 Å². The number of alkyl halides is 3. The van der Waals surface area contributed by atoms with Gasteiger partial charge in [-0.15, -0.1) is 11.3 Å². The van der Waals surface area contributed by atoms with Crippen LogP contribution in [0.15, 0.2) is 6.07 Å². The largest absolute Gasteiger partial charge is 0.481 e. The number of piperazine rings is 1. The molecule has 0 aromatic carbocycles. The quantitative estimate of drug-likeness (QED) is 0.512. The number of nitrogens with zero attached hydrogens (tertiary/aromatic N) is 4. The molecule has 0 aliphatic carbocycles. The van der Waals surface area contributed by atoms with E-state index < -0.39 is 30.5 Å². The first-order valence-electron chi connectivity index (χ1n) is 11.2. The molecule has 1 aliphatic rings. The monoisotopic (exact) mass is 518 g/mol. The molecule has 3 amide bonds. The Labute approximate surface area is 204 Å². The summed E-state index contributed by atoms with van der Waals surface area (Å²) in [6, 6.07) is 1.28. The van der Waals surface area contributed by atoms with E-state index in [1.807, 2.05) is 31.7 Å². The lowest BCUT2D eigenvalue weighted by Gasteiger charge is -2.35. The number of nitrogens with one attached hydrogen (secondary N) is 2. The van der Waals surface area contributed by atoms with E-state index in [0.29, 0.717) is 10.6 Å². The Kier molecular flexibility index (Phi) is 10.0. The summed E-state index contributed by atoms with van der Waals surface area (Å²) in [5.41, 5.74) is 0. The number of carboxylic acids is 1. The first kappa shape index (κ1) is 28.1. The van der Waals surface area contributed by atoms with Crippen molar-refractivity contribution in [3.8, 4) is 0 Å². The van der Waals surface area contributed by atoms with Crippen LogP contribution in [-0.4, -0.2) is 76.8 Å². The van der Waals surface area contributed by atoms with Gasteiger partial charge in [-0.1, -0.05) is 20.8 Å². The average molecular weight is 519 g/mol. The molecule has 0 unspecified atom stereocenters. The third-order valence-electron chi connectivity index (χ3n) is 4.91. The summed E-state index contributed by atoms with van der Waals surface area (Å²) >= 11 is 1.43. The number of fused-ring (bicyclic) bond motifs is 1. The average Bonchev–Trinajstić information content (AvgIpc) is 3.22. The summed E-state index contributed by atoms with van der Waals surface area (Å²) < 4.78 is 37.6. The molecule has 1 saturated heterocycles. The van der Waals surface area contributed by atoms with Crippen LogP contribution in [0.1, 0.15) is 38.5 Å². The van der Waals surface area contributed by atoms with Crippen LogP contribution < -0.4 is 15.5 Å². The van der Waals surface area contributed by atoms with E-state index in [2.05, 4.69) is 20.6 Å². The molecule has 0 saturated carbocycles. The summed E-state index contributed by atoms with van der Waals surface area (Å²) in [6.45, 7) is 6.70. The van der Waals surface area contributed by atoms with Gasteiger partial charge < -0.3 is 20.2 Å². The van der Waals surface area contributed by atoms with Crippen LogP contribution in [0.2, 0.25) is 0 Å². The van der Waals surface area contributed by atoms with Gasteiger partial charge in [0.05, 0.1) is 11.8 Å². The van der Waals surface area contributed by atoms with Crippen molar-refractivity contribution in [1.82, 2.24) is 20.2 Å². The second-order valence-electron chi connectivity index (χ2n) is 7.34. The van der Waals surface area contributed by atoms with Crippen molar-refractivity contribution in [2.45, 2.75) is 46.2 Å². The minimum Gasteiger partial charge on any atom is -0.481 e. The molecule has 194 valence electrons. The van der Waals surface area contributed by atoms with Gasteiger partial charge >= 0.3 is 18.2 Å². The van der Waals surface area contributed by atoms with Gasteiger partial charge in [-0.3, -0.25) is 14.9 Å². The Bertz CT molecular complexity index is 1040. The van der Waals surface area contributed by atoms with Gasteiger partial charge in [0.2, 0.25) is 11.9 Å². The van der Waals surface area contributed by atoms with E-state index in [1.165, 1.54) is 16.2 Å².